The maximum atomic E-state index is 15.7. The highest BCUT2D eigenvalue weighted by molar-refractivity contribution is 7.48. The minimum absolute atomic E-state index is 0.0762. The monoisotopic (exact) mass is 520 g/mol. The molecular weight excluding hydrogens is 498 g/mol. The Morgan fingerprint density at radius 1 is 1.38 bits per heavy atom. The summed E-state index contributed by atoms with van der Waals surface area (Å²) >= 11 is 6.02. The van der Waals surface area contributed by atoms with Gasteiger partial charge >= 0.3 is 13.5 Å². The fraction of sp³-hybridized carbons (Fsp3) is 0.500. The van der Waals surface area contributed by atoms with Gasteiger partial charge < -0.3 is 14.6 Å². The largest absolute Gasteiger partial charge is 0.475 e. The molecule has 3 heterocycles. The SMILES string of the molecule is C[C@@]1(F)[C@H](OCO)[C@@H](CO[P@@]2(=O)OCC[C@@H](c3cccc(Cl)c3)O2)O[C@H]1n1ccc(=O)[nH]c1=O. The zero-order chi connectivity index (χ0) is 24.5. The van der Waals surface area contributed by atoms with Crippen LogP contribution in [0.3, 0.4) is 0 Å². The van der Waals surface area contributed by atoms with E-state index in [-0.39, 0.29) is 6.61 Å². The number of alkyl halides is 1. The van der Waals surface area contributed by atoms with Crippen molar-refractivity contribution in [1.29, 1.82) is 0 Å². The summed E-state index contributed by atoms with van der Waals surface area (Å²) in [5, 5.41) is 9.74. The van der Waals surface area contributed by atoms with E-state index in [1.54, 1.807) is 24.3 Å². The van der Waals surface area contributed by atoms with E-state index in [0.717, 1.165) is 23.8 Å². The van der Waals surface area contributed by atoms with Crippen LogP contribution in [-0.2, 0) is 27.6 Å². The molecule has 2 fully saturated rings. The number of halogens is 2. The van der Waals surface area contributed by atoms with Crippen LogP contribution >= 0.6 is 19.4 Å². The van der Waals surface area contributed by atoms with Crippen LogP contribution in [0.4, 0.5) is 4.39 Å². The summed E-state index contributed by atoms with van der Waals surface area (Å²) in [6.07, 6.45) is -3.28. The Hall–Kier alpha value is -1.89. The molecule has 2 aliphatic heterocycles. The molecule has 2 N–H and O–H groups in total. The van der Waals surface area contributed by atoms with Crippen molar-refractivity contribution in [3.05, 3.63) is 68.0 Å². The van der Waals surface area contributed by atoms with Crippen molar-refractivity contribution < 1.29 is 37.1 Å². The fourth-order valence-corrected chi connectivity index (χ4v) is 5.57. The predicted molar refractivity (Wildman–Crippen MR) is 116 cm³/mol. The van der Waals surface area contributed by atoms with Crippen molar-refractivity contribution in [2.75, 3.05) is 20.0 Å². The third kappa shape index (κ3) is 5.19. The van der Waals surface area contributed by atoms with Crippen LogP contribution in [0.25, 0.3) is 0 Å². The molecule has 0 unspecified atom stereocenters. The van der Waals surface area contributed by atoms with E-state index in [2.05, 4.69) is 0 Å². The second kappa shape index (κ2) is 10.00. The Kier molecular flexibility index (Phi) is 7.41. The maximum absolute atomic E-state index is 15.7. The molecule has 11 nitrogen and oxygen atoms in total. The lowest BCUT2D eigenvalue weighted by Gasteiger charge is -2.30. The molecule has 1 aromatic heterocycles. The van der Waals surface area contributed by atoms with Crippen molar-refractivity contribution in [3.63, 3.8) is 0 Å². The highest BCUT2D eigenvalue weighted by atomic mass is 35.5. The van der Waals surface area contributed by atoms with E-state index in [9.17, 15) is 19.3 Å². The van der Waals surface area contributed by atoms with Gasteiger partial charge in [0.05, 0.1) is 19.3 Å². The van der Waals surface area contributed by atoms with Gasteiger partial charge in [-0.2, -0.15) is 0 Å². The Morgan fingerprint density at radius 2 is 2.18 bits per heavy atom. The molecule has 14 heteroatoms. The minimum atomic E-state index is -4.08. The zero-order valence-electron chi connectivity index (χ0n) is 18.0. The smallest absolute Gasteiger partial charge is 0.371 e. The first-order chi connectivity index (χ1) is 16.1. The van der Waals surface area contributed by atoms with Gasteiger partial charge in [0.25, 0.3) is 5.56 Å². The van der Waals surface area contributed by atoms with Crippen molar-refractivity contribution in [2.45, 2.75) is 43.6 Å². The average Bonchev–Trinajstić information content (AvgIpc) is 3.03. The van der Waals surface area contributed by atoms with Crippen molar-refractivity contribution >= 4 is 19.4 Å². The van der Waals surface area contributed by atoms with Crippen LogP contribution in [0.5, 0.6) is 0 Å². The van der Waals surface area contributed by atoms with E-state index in [1.807, 2.05) is 4.98 Å². The van der Waals surface area contributed by atoms with Gasteiger partial charge in [0.2, 0.25) is 0 Å². The van der Waals surface area contributed by atoms with Crippen molar-refractivity contribution in [1.82, 2.24) is 9.55 Å². The molecular formula is C20H23ClFN2O9P. The maximum Gasteiger partial charge on any atom is 0.475 e. The average molecular weight is 521 g/mol. The summed E-state index contributed by atoms with van der Waals surface area (Å²) in [6, 6.07) is 7.89. The van der Waals surface area contributed by atoms with Gasteiger partial charge in [0.15, 0.2) is 11.9 Å². The summed E-state index contributed by atoms with van der Waals surface area (Å²) < 4.78 is 56.7. The van der Waals surface area contributed by atoms with Crippen LogP contribution in [-0.4, -0.2) is 52.5 Å². The molecule has 2 aromatic rings. The molecule has 0 saturated carbocycles. The Morgan fingerprint density at radius 3 is 2.88 bits per heavy atom. The number of nitrogens with zero attached hydrogens (tertiary/aromatic N) is 1. The topological polar surface area (TPSA) is 138 Å². The van der Waals surface area contributed by atoms with Crippen LogP contribution in [0.1, 0.15) is 31.2 Å². The summed E-state index contributed by atoms with van der Waals surface area (Å²) in [4.78, 5) is 25.6. The highest BCUT2D eigenvalue weighted by Gasteiger charge is 2.57. The van der Waals surface area contributed by atoms with Gasteiger partial charge in [-0.05, 0) is 24.6 Å². The number of nitrogens with one attached hydrogen (secondary N) is 1. The highest BCUT2D eigenvalue weighted by Crippen LogP contribution is 2.57. The molecule has 34 heavy (non-hydrogen) atoms. The van der Waals surface area contributed by atoms with Crippen LogP contribution in [0.2, 0.25) is 5.02 Å². The molecule has 6 atom stereocenters. The molecule has 186 valence electrons. The number of hydrogen-bond donors (Lipinski definition) is 2. The zero-order valence-corrected chi connectivity index (χ0v) is 19.6. The number of aromatic amines is 1. The second-order valence-corrected chi connectivity index (χ2v) is 9.98. The molecule has 0 radical (unpaired) electrons. The van der Waals surface area contributed by atoms with Gasteiger partial charge in [0.1, 0.15) is 19.0 Å². The molecule has 0 bridgehead atoms. The van der Waals surface area contributed by atoms with Gasteiger partial charge in [-0.25, -0.2) is 13.8 Å². The number of H-pyrrole nitrogens is 1. The molecule has 2 aliphatic rings. The number of hydrogen-bond acceptors (Lipinski definition) is 9. The van der Waals surface area contributed by atoms with Gasteiger partial charge in [0, 0.05) is 23.7 Å². The molecule has 2 saturated heterocycles. The van der Waals surface area contributed by atoms with Gasteiger partial charge in [-0.15, -0.1) is 0 Å². The summed E-state index contributed by atoms with van der Waals surface area (Å²) in [5.41, 5.74) is -3.22. The van der Waals surface area contributed by atoms with Crippen LogP contribution in [0, 0.1) is 0 Å². The van der Waals surface area contributed by atoms with Crippen LogP contribution < -0.4 is 11.2 Å². The molecule has 0 aliphatic carbocycles. The third-order valence-corrected chi connectivity index (χ3v) is 7.25. The fourth-order valence-electron chi connectivity index (χ4n) is 3.98. The number of phosphoric acid groups is 1. The number of phosphoric ester groups is 1. The van der Waals surface area contributed by atoms with E-state index >= 15 is 4.39 Å². The lowest BCUT2D eigenvalue weighted by Crippen LogP contribution is -2.45. The predicted octanol–water partition coefficient (Wildman–Crippen LogP) is 2.45. The van der Waals surface area contributed by atoms with E-state index < -0.39 is 62.7 Å². The first kappa shape index (κ1) is 25.2. The van der Waals surface area contributed by atoms with Crippen molar-refractivity contribution in [3.8, 4) is 0 Å². The summed E-state index contributed by atoms with van der Waals surface area (Å²) in [5.74, 6) is 0. The standard InChI is InChI=1S/C20H23ClFN2O9P/c1-20(22)17(29-11-25)15(32-18(20)24-7-5-16(26)23-19(24)27)10-31-34(28)30-8-6-14(33-34)12-3-2-4-13(21)9-12/h2-5,7,9,14-15,17-18,25H,6,8,10-11H2,1H3,(H,23,26,27)/t14-,15+,17+,18+,20+,34+/m0/s1. The molecule has 4 rings (SSSR count). The Labute approximate surface area is 197 Å². The van der Waals surface area contributed by atoms with E-state index in [4.69, 9.17) is 34.6 Å². The van der Waals surface area contributed by atoms with Crippen LogP contribution in [0.15, 0.2) is 46.1 Å². The Bertz CT molecular complexity index is 1190. The normalized spacial score (nSPS) is 33.8. The number of aromatic nitrogens is 2. The summed E-state index contributed by atoms with van der Waals surface area (Å²) in [6.45, 7) is -0.162. The quantitative estimate of drug-likeness (QED) is 0.416. The molecule has 1 aromatic carbocycles. The molecule has 0 amide bonds. The van der Waals surface area contributed by atoms with Crippen molar-refractivity contribution in [2.24, 2.45) is 0 Å². The number of benzene rings is 1. The lowest BCUT2D eigenvalue weighted by atomic mass is 9.98. The first-order valence-corrected chi connectivity index (χ1v) is 12.2. The van der Waals surface area contributed by atoms with E-state index in [0.29, 0.717) is 17.0 Å². The minimum Gasteiger partial charge on any atom is -0.371 e. The number of ether oxygens (including phenoxy) is 2. The summed E-state index contributed by atoms with van der Waals surface area (Å²) in [7, 11) is -4.08. The second-order valence-electron chi connectivity index (χ2n) is 7.93. The number of aliphatic hydroxyl groups is 1. The lowest BCUT2D eigenvalue weighted by molar-refractivity contribution is -0.115. The molecule has 0 spiro atoms. The van der Waals surface area contributed by atoms with Gasteiger partial charge in [-0.3, -0.25) is 27.9 Å². The Balaban J connectivity index is 1.51. The number of rotatable bonds is 7. The number of aliphatic hydroxyl groups excluding tert-OH is 1. The van der Waals surface area contributed by atoms with E-state index in [1.165, 1.54) is 0 Å². The van der Waals surface area contributed by atoms with Gasteiger partial charge in [-0.1, -0.05) is 23.7 Å². The third-order valence-electron chi connectivity index (χ3n) is 5.54. The first-order valence-electron chi connectivity index (χ1n) is 10.3.